The molecule has 0 unspecified atom stereocenters. The summed E-state index contributed by atoms with van der Waals surface area (Å²) in [5.74, 6) is 0.714. The highest BCUT2D eigenvalue weighted by atomic mass is 32.1. The van der Waals surface area contributed by atoms with E-state index in [0.29, 0.717) is 5.82 Å². The van der Waals surface area contributed by atoms with Gasteiger partial charge in [0.25, 0.3) is 0 Å². The van der Waals surface area contributed by atoms with E-state index in [1.165, 1.54) is 22.5 Å². The lowest BCUT2D eigenvalue weighted by atomic mass is 10.1. The van der Waals surface area contributed by atoms with E-state index in [4.69, 9.17) is 9.97 Å². The molecule has 5 nitrogen and oxygen atoms in total. The zero-order chi connectivity index (χ0) is 25.1. The van der Waals surface area contributed by atoms with Gasteiger partial charge in [-0.25, -0.2) is 9.97 Å². The third-order valence-corrected chi connectivity index (χ3v) is 7.64. The minimum atomic E-state index is 0.714. The molecule has 8 rings (SSSR count). The van der Waals surface area contributed by atoms with Crippen LogP contribution in [0.1, 0.15) is 0 Å². The Morgan fingerprint density at radius 1 is 0.500 bits per heavy atom. The highest BCUT2D eigenvalue weighted by Gasteiger charge is 2.15. The minimum Gasteiger partial charge on any atom is -0.309 e. The van der Waals surface area contributed by atoms with Crippen LogP contribution >= 0.6 is 11.7 Å². The fourth-order valence-electron chi connectivity index (χ4n) is 5.31. The molecule has 0 radical (unpaired) electrons. The smallest absolute Gasteiger partial charge is 0.160 e. The monoisotopic (exact) mass is 505 g/mol. The molecule has 0 aliphatic rings. The summed E-state index contributed by atoms with van der Waals surface area (Å²) in [4.78, 5) is 9.95. The molecule has 0 aliphatic carbocycles. The van der Waals surface area contributed by atoms with Crippen molar-refractivity contribution in [2.24, 2.45) is 0 Å². The Morgan fingerprint density at radius 2 is 1.21 bits per heavy atom. The van der Waals surface area contributed by atoms with Crippen molar-refractivity contribution in [3.63, 3.8) is 0 Å². The summed E-state index contributed by atoms with van der Waals surface area (Å²) >= 11 is 1.25. The summed E-state index contributed by atoms with van der Waals surface area (Å²) in [5.41, 5.74) is 9.13. The van der Waals surface area contributed by atoms with Crippen LogP contribution in [0, 0.1) is 0 Å². The van der Waals surface area contributed by atoms with Crippen LogP contribution < -0.4 is 0 Å². The van der Waals surface area contributed by atoms with E-state index < -0.39 is 0 Å². The maximum atomic E-state index is 5.03. The summed E-state index contributed by atoms with van der Waals surface area (Å²) < 4.78 is 11.2. The number of hydrogen-bond donors (Lipinski definition) is 0. The van der Waals surface area contributed by atoms with Crippen molar-refractivity contribution >= 4 is 55.5 Å². The Kier molecular flexibility index (Phi) is 4.62. The topological polar surface area (TPSA) is 56.5 Å². The maximum absolute atomic E-state index is 5.03. The van der Waals surface area contributed by atoms with E-state index in [0.717, 1.165) is 55.5 Å². The minimum absolute atomic E-state index is 0.714. The highest BCUT2D eigenvalue weighted by molar-refractivity contribution is 7.00. The molecule has 3 heterocycles. The Hall–Kier alpha value is -4.94. The molecular formula is C32H19N5S. The molecule has 0 N–H and O–H groups in total. The van der Waals surface area contributed by atoms with Gasteiger partial charge in [-0.3, -0.25) is 0 Å². The zero-order valence-corrected chi connectivity index (χ0v) is 20.9. The van der Waals surface area contributed by atoms with Crippen molar-refractivity contribution in [3.8, 4) is 28.3 Å². The Morgan fingerprint density at radius 3 is 2.05 bits per heavy atom. The Bertz CT molecular complexity index is 2130. The van der Waals surface area contributed by atoms with Crippen LogP contribution in [0.2, 0.25) is 0 Å². The third-order valence-electron chi connectivity index (χ3n) is 7.08. The van der Waals surface area contributed by atoms with Crippen LogP contribution in [0.25, 0.3) is 72.1 Å². The lowest BCUT2D eigenvalue weighted by Crippen LogP contribution is -1.97. The molecular weight excluding hydrogens is 486 g/mol. The van der Waals surface area contributed by atoms with Crippen LogP contribution in [-0.2, 0) is 0 Å². The number of hydrogen-bond acceptors (Lipinski definition) is 5. The molecule has 0 amide bonds. The van der Waals surface area contributed by atoms with Gasteiger partial charge in [0.1, 0.15) is 11.0 Å². The van der Waals surface area contributed by atoms with Crippen molar-refractivity contribution in [1.29, 1.82) is 0 Å². The van der Waals surface area contributed by atoms with Crippen LogP contribution in [0.4, 0.5) is 0 Å². The van der Waals surface area contributed by atoms with Gasteiger partial charge < -0.3 is 4.57 Å². The second-order valence-electron chi connectivity index (χ2n) is 9.30. The first kappa shape index (κ1) is 21.2. The molecule has 0 fully saturated rings. The molecule has 178 valence electrons. The number of aromatic nitrogens is 5. The third kappa shape index (κ3) is 3.24. The van der Waals surface area contributed by atoms with E-state index in [1.54, 1.807) is 0 Å². The van der Waals surface area contributed by atoms with Gasteiger partial charge in [-0.2, -0.15) is 8.75 Å². The number of para-hydroxylation sites is 2. The van der Waals surface area contributed by atoms with Crippen LogP contribution in [0.5, 0.6) is 0 Å². The fraction of sp³-hybridized carbons (Fsp3) is 0. The average molecular weight is 506 g/mol. The number of fused-ring (bicyclic) bond motifs is 5. The number of benzene rings is 5. The predicted molar refractivity (Wildman–Crippen MR) is 156 cm³/mol. The molecule has 0 aliphatic heterocycles. The SMILES string of the molecule is c1ccc(-c2nc(-c3ccc(-n4c5ccccc5c5cc6nsnc6cc54)cc3)nc3ccccc23)cc1. The summed E-state index contributed by atoms with van der Waals surface area (Å²) in [6.45, 7) is 0. The molecule has 5 aromatic carbocycles. The second-order valence-corrected chi connectivity index (χ2v) is 9.83. The quantitative estimate of drug-likeness (QED) is 0.244. The van der Waals surface area contributed by atoms with Crippen molar-refractivity contribution in [2.45, 2.75) is 0 Å². The molecule has 0 bridgehead atoms. The van der Waals surface area contributed by atoms with Gasteiger partial charge in [-0.1, -0.05) is 66.7 Å². The van der Waals surface area contributed by atoms with Crippen LogP contribution in [0.15, 0.2) is 115 Å². The predicted octanol–water partition coefficient (Wildman–Crippen LogP) is 8.07. The first-order valence-corrected chi connectivity index (χ1v) is 13.1. The normalized spacial score (nSPS) is 11.7. The lowest BCUT2D eigenvalue weighted by molar-refractivity contribution is 1.17. The van der Waals surface area contributed by atoms with Crippen molar-refractivity contribution in [2.75, 3.05) is 0 Å². The second kappa shape index (κ2) is 8.30. The molecule has 0 atom stereocenters. The highest BCUT2D eigenvalue weighted by Crippen LogP contribution is 2.35. The molecule has 0 saturated carbocycles. The van der Waals surface area contributed by atoms with Gasteiger partial charge in [-0.15, -0.1) is 0 Å². The Labute approximate surface area is 222 Å². The summed E-state index contributed by atoms with van der Waals surface area (Å²) in [6, 6.07) is 39.8. The lowest BCUT2D eigenvalue weighted by Gasteiger charge is -2.11. The molecule has 0 spiro atoms. The molecule has 3 aromatic heterocycles. The molecule has 38 heavy (non-hydrogen) atoms. The van der Waals surface area contributed by atoms with E-state index >= 15 is 0 Å². The van der Waals surface area contributed by atoms with E-state index in [-0.39, 0.29) is 0 Å². The summed E-state index contributed by atoms with van der Waals surface area (Å²) in [7, 11) is 0. The van der Waals surface area contributed by atoms with E-state index in [9.17, 15) is 0 Å². The summed E-state index contributed by atoms with van der Waals surface area (Å²) in [6.07, 6.45) is 0. The maximum Gasteiger partial charge on any atom is 0.160 e. The average Bonchev–Trinajstić information content (AvgIpc) is 3.57. The number of nitrogens with zero attached hydrogens (tertiary/aromatic N) is 5. The van der Waals surface area contributed by atoms with Gasteiger partial charge >= 0.3 is 0 Å². The van der Waals surface area contributed by atoms with Gasteiger partial charge in [0.05, 0.1) is 34.0 Å². The van der Waals surface area contributed by atoms with Crippen molar-refractivity contribution < 1.29 is 0 Å². The zero-order valence-electron chi connectivity index (χ0n) is 20.1. The van der Waals surface area contributed by atoms with Crippen LogP contribution in [0.3, 0.4) is 0 Å². The molecule has 6 heteroatoms. The van der Waals surface area contributed by atoms with Crippen molar-refractivity contribution in [1.82, 2.24) is 23.3 Å². The number of rotatable bonds is 3. The van der Waals surface area contributed by atoms with Gasteiger partial charge in [0.15, 0.2) is 5.82 Å². The van der Waals surface area contributed by atoms with E-state index in [1.807, 2.05) is 36.4 Å². The largest absolute Gasteiger partial charge is 0.309 e. The first-order chi connectivity index (χ1) is 18.8. The standard InChI is InChI=1S/C32H19N5S/c1-2-8-20(9-3-1)31-24-11-4-6-12-26(24)33-32(34-31)21-14-16-22(17-15-21)37-29-13-7-5-10-23(29)25-18-27-28(19-30(25)37)36-38-35-27/h1-19H. The first-order valence-electron chi connectivity index (χ1n) is 12.4. The van der Waals surface area contributed by atoms with Gasteiger partial charge in [-0.05, 0) is 48.5 Å². The molecule has 8 aromatic rings. The van der Waals surface area contributed by atoms with Crippen LogP contribution in [-0.4, -0.2) is 23.3 Å². The fourth-order valence-corrected chi connectivity index (χ4v) is 5.82. The van der Waals surface area contributed by atoms with Crippen molar-refractivity contribution in [3.05, 3.63) is 115 Å². The summed E-state index contributed by atoms with van der Waals surface area (Å²) in [5, 5.41) is 3.43. The van der Waals surface area contributed by atoms with Gasteiger partial charge in [0.2, 0.25) is 0 Å². The van der Waals surface area contributed by atoms with E-state index in [2.05, 4.69) is 92.2 Å². The Balaban J connectivity index is 1.30. The van der Waals surface area contributed by atoms with Gasteiger partial charge in [0, 0.05) is 33.0 Å². The molecule has 0 saturated heterocycles.